The first-order valence-electron chi connectivity index (χ1n) is 22.9. The fourth-order valence-corrected chi connectivity index (χ4v) is 10.9. The van der Waals surface area contributed by atoms with Crippen molar-refractivity contribution in [2.75, 3.05) is 6.61 Å². The van der Waals surface area contributed by atoms with E-state index in [9.17, 15) is 44.1 Å². The van der Waals surface area contributed by atoms with Crippen LogP contribution in [0.4, 0.5) is 0 Å². The second-order valence-electron chi connectivity index (χ2n) is 19.2. The number of Topliss-reactive ketones (excluding diaryl/α,β-unsaturated/α-hetero) is 2. The summed E-state index contributed by atoms with van der Waals surface area (Å²) in [6, 6.07) is 22.9. The van der Waals surface area contributed by atoms with Gasteiger partial charge in [0.2, 0.25) is 0 Å². The average Bonchev–Trinajstić information content (AvgIpc) is 3.30. The molecule has 1 aliphatic heterocycles. The molecule has 4 unspecified atom stereocenters. The van der Waals surface area contributed by atoms with Gasteiger partial charge in [-0.2, -0.15) is 0 Å². The van der Waals surface area contributed by atoms with E-state index in [0.29, 0.717) is 5.56 Å². The minimum atomic E-state index is -2.43. The molecule has 0 radical (unpaired) electrons. The van der Waals surface area contributed by atoms with Crippen LogP contribution in [0.3, 0.4) is 0 Å². The Hall–Kier alpha value is -6.11. The molecule has 1 heterocycles. The molecule has 1 saturated heterocycles. The van der Waals surface area contributed by atoms with Crippen LogP contribution in [0.1, 0.15) is 106 Å². The lowest BCUT2D eigenvalue weighted by Crippen LogP contribution is -2.82. The zero-order valence-electron chi connectivity index (χ0n) is 39.5. The van der Waals surface area contributed by atoms with Crippen molar-refractivity contribution in [3.05, 3.63) is 119 Å². The molecule has 17 nitrogen and oxygen atoms in total. The normalized spacial score (nSPS) is 30.3. The Balaban J connectivity index is 1.42. The second-order valence-corrected chi connectivity index (χ2v) is 19.2. The Labute approximate surface area is 399 Å². The number of carbonyl (C=O) groups excluding carboxylic acids is 7. The molecule has 368 valence electrons. The summed E-state index contributed by atoms with van der Waals surface area (Å²) in [6.45, 7) is 9.24. The van der Waals surface area contributed by atoms with E-state index in [2.05, 4.69) is 5.32 Å². The van der Waals surface area contributed by atoms with Crippen LogP contribution < -0.4 is 5.32 Å². The maximum absolute atomic E-state index is 15.7. The van der Waals surface area contributed by atoms with Crippen molar-refractivity contribution in [3.8, 4) is 0 Å². The summed E-state index contributed by atoms with van der Waals surface area (Å²) in [5.74, 6) is -6.97. The number of fused-ring (bicyclic) bond motifs is 5. The maximum Gasteiger partial charge on any atom is 0.338 e. The summed E-state index contributed by atoms with van der Waals surface area (Å²) in [5, 5.41) is 41.4. The molecule has 3 fully saturated rings. The first-order chi connectivity index (χ1) is 32.6. The minimum Gasteiger partial charge on any atom is -0.455 e. The number of ketones is 2. The number of aliphatic hydroxyl groups excluding tert-OH is 2. The van der Waals surface area contributed by atoms with E-state index in [1.165, 1.54) is 32.9 Å². The largest absolute Gasteiger partial charge is 0.455 e. The second kappa shape index (κ2) is 19.7. The van der Waals surface area contributed by atoms with Gasteiger partial charge >= 0.3 is 23.9 Å². The molecule has 12 atom stereocenters. The van der Waals surface area contributed by atoms with Gasteiger partial charge in [0.15, 0.2) is 29.9 Å². The van der Waals surface area contributed by atoms with E-state index >= 15 is 4.79 Å². The predicted octanol–water partition coefficient (Wildman–Crippen LogP) is 4.45. The van der Waals surface area contributed by atoms with E-state index in [1.807, 2.05) is 0 Å². The van der Waals surface area contributed by atoms with Gasteiger partial charge in [-0.3, -0.25) is 24.0 Å². The topological polar surface area (TPSA) is 248 Å². The first-order valence-corrected chi connectivity index (χ1v) is 22.9. The number of esters is 4. The lowest BCUT2D eigenvalue weighted by Gasteiger charge is -2.67. The Morgan fingerprint density at radius 1 is 0.826 bits per heavy atom. The van der Waals surface area contributed by atoms with Gasteiger partial charge in [-0.1, -0.05) is 80.6 Å². The van der Waals surface area contributed by atoms with Gasteiger partial charge in [-0.25, -0.2) is 4.79 Å². The molecule has 0 aromatic heterocycles. The summed E-state index contributed by atoms with van der Waals surface area (Å²) < 4.78 is 36.9. The summed E-state index contributed by atoms with van der Waals surface area (Å²) in [6.07, 6.45) is -13.2. The highest BCUT2D eigenvalue weighted by Gasteiger charge is 2.78. The number of aliphatic hydroxyl groups is 3. The van der Waals surface area contributed by atoms with Crippen molar-refractivity contribution in [1.82, 2.24) is 5.32 Å². The number of ether oxygens (including phenoxy) is 6. The summed E-state index contributed by atoms with van der Waals surface area (Å²) >= 11 is 0. The van der Waals surface area contributed by atoms with Gasteiger partial charge in [-0.05, 0) is 61.7 Å². The third-order valence-corrected chi connectivity index (χ3v) is 14.5. The van der Waals surface area contributed by atoms with E-state index in [-0.39, 0.29) is 47.5 Å². The van der Waals surface area contributed by atoms with E-state index < -0.39 is 125 Å². The molecule has 2 saturated carbocycles. The SMILES string of the molecule is CC(=O)CCC(=O)OC(C(O)O[C@H]1C[C@@]2(O)[C@@H](OC(=O)c3ccccc3)C3[C@](C)(C(=O)[C@H](OC(C)=O)C(=C1C)C2(C)C)[C@@H](O)C[C@H]1OC[C@@]31OC(C)=O)C(NC(=O)c1ccccc1)c1ccccc1. The van der Waals surface area contributed by atoms with Gasteiger partial charge < -0.3 is 53.9 Å². The highest BCUT2D eigenvalue weighted by molar-refractivity contribution is 5.96. The molecule has 4 N–H and O–H groups in total. The van der Waals surface area contributed by atoms with Crippen molar-refractivity contribution in [2.24, 2.45) is 16.7 Å². The monoisotopic (exact) mass is 953 g/mol. The number of amides is 1. The number of benzene rings is 3. The van der Waals surface area contributed by atoms with Crippen molar-refractivity contribution in [3.63, 3.8) is 0 Å². The highest BCUT2D eigenvalue weighted by atomic mass is 16.7. The molecule has 2 bridgehead atoms. The van der Waals surface area contributed by atoms with Crippen LogP contribution in [0.5, 0.6) is 0 Å². The van der Waals surface area contributed by atoms with Crippen LogP contribution in [0, 0.1) is 16.7 Å². The van der Waals surface area contributed by atoms with Gasteiger partial charge in [-0.15, -0.1) is 0 Å². The smallest absolute Gasteiger partial charge is 0.338 e. The number of rotatable bonds is 15. The summed E-state index contributed by atoms with van der Waals surface area (Å²) in [4.78, 5) is 95.9. The molecule has 1 amide bonds. The number of hydrogen-bond acceptors (Lipinski definition) is 16. The molecule has 3 aromatic carbocycles. The molecule has 3 aliphatic carbocycles. The third-order valence-electron chi connectivity index (χ3n) is 14.5. The Bertz CT molecular complexity index is 2490. The highest BCUT2D eigenvalue weighted by Crippen LogP contribution is 2.64. The predicted molar refractivity (Wildman–Crippen MR) is 242 cm³/mol. The van der Waals surface area contributed by atoms with Crippen molar-refractivity contribution < 1.29 is 77.3 Å². The van der Waals surface area contributed by atoms with Crippen LogP contribution in [-0.4, -0.2) is 117 Å². The van der Waals surface area contributed by atoms with Crippen LogP contribution in [0.15, 0.2) is 102 Å². The molecule has 4 aliphatic rings. The van der Waals surface area contributed by atoms with Gasteiger partial charge in [0.25, 0.3) is 5.91 Å². The summed E-state index contributed by atoms with van der Waals surface area (Å²) in [5.41, 5.74) is -7.21. The fraction of sp³-hybridized carbons (Fsp3) is 0.481. The van der Waals surface area contributed by atoms with Crippen molar-refractivity contribution >= 4 is 41.4 Å². The van der Waals surface area contributed by atoms with Crippen LogP contribution in [0.2, 0.25) is 0 Å². The van der Waals surface area contributed by atoms with E-state index in [1.54, 1.807) is 92.7 Å². The fourth-order valence-electron chi connectivity index (χ4n) is 10.9. The molecular weight excluding hydrogens is 895 g/mol. The molecular formula is C52H59NO16. The number of hydrogen-bond donors (Lipinski definition) is 4. The van der Waals surface area contributed by atoms with Crippen LogP contribution in [0.25, 0.3) is 0 Å². The molecule has 0 spiro atoms. The van der Waals surface area contributed by atoms with E-state index in [0.717, 1.165) is 13.8 Å². The van der Waals surface area contributed by atoms with Gasteiger partial charge in [0, 0.05) is 44.1 Å². The molecule has 3 aromatic rings. The first kappa shape index (κ1) is 50.8. The Kier molecular flexibility index (Phi) is 14.5. The zero-order valence-corrected chi connectivity index (χ0v) is 39.5. The van der Waals surface area contributed by atoms with Gasteiger partial charge in [0.1, 0.15) is 23.6 Å². The lowest BCUT2D eigenvalue weighted by molar-refractivity contribution is -0.346. The lowest BCUT2D eigenvalue weighted by atomic mass is 9.44. The Morgan fingerprint density at radius 3 is 1.97 bits per heavy atom. The van der Waals surface area contributed by atoms with Crippen LogP contribution >= 0.6 is 0 Å². The third kappa shape index (κ3) is 9.37. The number of nitrogens with one attached hydrogen (secondary N) is 1. The van der Waals surface area contributed by atoms with Gasteiger partial charge in [0.05, 0.1) is 48.2 Å². The van der Waals surface area contributed by atoms with E-state index in [4.69, 9.17) is 28.4 Å². The van der Waals surface area contributed by atoms with Crippen LogP contribution in [-0.2, 0) is 52.4 Å². The maximum atomic E-state index is 15.7. The molecule has 7 rings (SSSR count). The Morgan fingerprint density at radius 2 is 1.42 bits per heavy atom. The van der Waals surface area contributed by atoms with Crippen molar-refractivity contribution in [1.29, 1.82) is 0 Å². The zero-order chi connectivity index (χ0) is 50.2. The van der Waals surface area contributed by atoms with Crippen molar-refractivity contribution in [2.45, 2.75) is 134 Å². The molecule has 69 heavy (non-hydrogen) atoms. The average molecular weight is 954 g/mol. The quantitative estimate of drug-likeness (QED) is 0.0711. The summed E-state index contributed by atoms with van der Waals surface area (Å²) in [7, 11) is 0. The molecule has 17 heteroatoms. The minimum absolute atomic E-state index is 0.0122. The number of carbonyl (C=O) groups is 7. The standard InChI is InChI=1S/C52H59NO16/c1-28(54)23-24-38(58)67-42(40(32-17-11-8-12-18-32)53-46(60)33-19-13-9-14-20-33)48(62)66-35-26-52(63)45(68-47(61)34-21-15-10-16-22-34)43-50(7,36(57)25-37-51(43,27-64-37)69-31(4)56)44(59)41(65-30(3)55)39(29(35)2)49(52,5)6/h8-22,35-37,40-43,45,48,57,62-63H,23-27H2,1-7H3,(H,53,60)/t35-,36-,37+,40?,41+,42?,43?,45-,48?,50+,51-,52+/m0/s1.